The van der Waals surface area contributed by atoms with Crippen molar-refractivity contribution in [2.24, 2.45) is 0 Å². The van der Waals surface area contributed by atoms with Crippen molar-refractivity contribution in [2.75, 3.05) is 6.61 Å². The predicted octanol–water partition coefficient (Wildman–Crippen LogP) is -6.03. The van der Waals surface area contributed by atoms with Crippen LogP contribution in [0.2, 0.25) is 0 Å². The van der Waals surface area contributed by atoms with Crippen molar-refractivity contribution in [2.45, 2.75) is 171 Å². The van der Waals surface area contributed by atoms with E-state index in [9.17, 15) is 64.5 Å². The second-order valence-corrected chi connectivity index (χ2v) is 14.5. The number of nitrogens with one attached hydrogen (secondary N) is 3. The average Bonchev–Trinajstić information content (AvgIpc) is 3.12. The molecular weight excluding hydrogens is 802 g/mol. The molecule has 25 nitrogen and oxygen atoms in total. The van der Waals surface area contributed by atoms with Crippen LogP contribution in [-0.2, 0) is 71.4 Å². The molecule has 0 aliphatic carbocycles. The molecule has 4 saturated heterocycles. The van der Waals surface area contributed by atoms with Gasteiger partial charge in [-0.3, -0.25) is 24.0 Å². The first-order chi connectivity index (χ1) is 27.5. The summed E-state index contributed by atoms with van der Waals surface area (Å²) < 4.78 is 51.7. The molecule has 20 atom stereocenters. The minimum Gasteiger partial charge on any atom is -0.479 e. The number of carbonyl (C=O) groups is 6. The van der Waals surface area contributed by atoms with Crippen molar-refractivity contribution < 1.29 is 107 Å². The smallest absolute Gasteiger partial charge is 0.335 e. The molecular formula is C34H53N3O22. The standard InChI is InChI=1S/C34H53N3O22/c1-9-20(44)24(18(31(50)51-9)36-12(4)40)56-33-19(37-13(5)41)25(21(45)10(2)52-33)57-34-29(54-15(7)43)27(53-14(6)42)26(28(59-34)30(48)49)58-32-17(35-11(3)39)23(47)22(46)16(8-38)55-32/h9-10,16-29,31-34,38,44-47,50H,8H2,1-7H3,(H,35,39)(H,36,40)(H,37,41)(H,48,49)/t9-,10-,16-,17-,18-,19-,20-,21+,22+,23-,24-,25-,26+,27+,28+,29-,31?,32-,33-,34-/m1/s1. The molecule has 0 aromatic rings. The molecule has 4 aliphatic rings. The van der Waals surface area contributed by atoms with E-state index in [1.165, 1.54) is 13.8 Å². The zero-order chi connectivity index (χ0) is 44.2. The van der Waals surface area contributed by atoms with Gasteiger partial charge in [-0.1, -0.05) is 0 Å². The zero-order valence-electron chi connectivity index (χ0n) is 33.0. The molecule has 0 radical (unpaired) electrons. The van der Waals surface area contributed by atoms with Crippen LogP contribution in [0.1, 0.15) is 48.5 Å². The number of rotatable bonds is 13. The van der Waals surface area contributed by atoms with Crippen molar-refractivity contribution in [3.8, 4) is 0 Å². The Labute approximate surface area is 336 Å². The lowest BCUT2D eigenvalue weighted by Crippen LogP contribution is -2.71. The van der Waals surface area contributed by atoms with Gasteiger partial charge in [0, 0.05) is 34.6 Å². The van der Waals surface area contributed by atoms with Crippen LogP contribution in [0.15, 0.2) is 0 Å². The first kappa shape index (κ1) is 48.0. The van der Waals surface area contributed by atoms with Gasteiger partial charge in [0.05, 0.1) is 18.8 Å². The molecule has 4 rings (SSSR count). The summed E-state index contributed by atoms with van der Waals surface area (Å²) in [4.78, 5) is 74.9. The fourth-order valence-electron chi connectivity index (χ4n) is 7.22. The molecule has 0 aromatic carbocycles. The lowest BCUT2D eigenvalue weighted by Gasteiger charge is -2.50. The average molecular weight is 856 g/mol. The minimum atomic E-state index is -2.26. The van der Waals surface area contributed by atoms with Crippen molar-refractivity contribution in [1.82, 2.24) is 16.0 Å². The van der Waals surface area contributed by atoms with Crippen molar-refractivity contribution >= 4 is 35.6 Å². The molecule has 0 aromatic heterocycles. The van der Waals surface area contributed by atoms with Gasteiger partial charge in [0.15, 0.2) is 43.5 Å². The third kappa shape index (κ3) is 11.4. The number of esters is 2. The number of carbonyl (C=O) groups excluding carboxylic acids is 5. The van der Waals surface area contributed by atoms with Crippen LogP contribution in [0.25, 0.3) is 0 Å². The van der Waals surface area contributed by atoms with Gasteiger partial charge < -0.3 is 94.3 Å². The van der Waals surface area contributed by atoms with Crippen LogP contribution in [0.3, 0.4) is 0 Å². The summed E-state index contributed by atoms with van der Waals surface area (Å²) in [5, 5.41) is 82.0. The summed E-state index contributed by atoms with van der Waals surface area (Å²) in [5.74, 6) is -6.12. The van der Waals surface area contributed by atoms with E-state index < -0.39 is 165 Å². The molecule has 336 valence electrons. The third-order valence-corrected chi connectivity index (χ3v) is 9.85. The van der Waals surface area contributed by atoms with Gasteiger partial charge in [-0.25, -0.2) is 4.79 Å². The highest BCUT2D eigenvalue weighted by molar-refractivity contribution is 5.75. The van der Waals surface area contributed by atoms with Crippen LogP contribution in [0, 0.1) is 0 Å². The molecule has 0 bridgehead atoms. The molecule has 10 N–H and O–H groups in total. The van der Waals surface area contributed by atoms with E-state index in [4.69, 9.17) is 42.6 Å². The van der Waals surface area contributed by atoms with Gasteiger partial charge in [0.25, 0.3) is 0 Å². The zero-order valence-corrected chi connectivity index (χ0v) is 33.0. The quantitative estimate of drug-likeness (QED) is 0.0771. The van der Waals surface area contributed by atoms with E-state index in [-0.39, 0.29) is 0 Å². The third-order valence-electron chi connectivity index (χ3n) is 9.85. The van der Waals surface area contributed by atoms with E-state index >= 15 is 0 Å². The van der Waals surface area contributed by atoms with Crippen molar-refractivity contribution in [1.29, 1.82) is 0 Å². The highest BCUT2D eigenvalue weighted by Gasteiger charge is 2.59. The van der Waals surface area contributed by atoms with E-state index in [2.05, 4.69) is 16.0 Å². The highest BCUT2D eigenvalue weighted by atomic mass is 16.8. The number of hydrogen-bond donors (Lipinski definition) is 10. The fraction of sp³-hybridized carbons (Fsp3) is 0.824. The van der Waals surface area contributed by atoms with Gasteiger partial charge in [-0.05, 0) is 13.8 Å². The van der Waals surface area contributed by atoms with Gasteiger partial charge in [-0.2, -0.15) is 0 Å². The molecule has 4 aliphatic heterocycles. The Morgan fingerprint density at radius 1 is 0.525 bits per heavy atom. The molecule has 59 heavy (non-hydrogen) atoms. The summed E-state index contributed by atoms with van der Waals surface area (Å²) in [5.41, 5.74) is 0. The van der Waals surface area contributed by atoms with Gasteiger partial charge >= 0.3 is 17.9 Å². The Balaban J connectivity index is 1.76. The van der Waals surface area contributed by atoms with Crippen molar-refractivity contribution in [3.63, 3.8) is 0 Å². The number of carboxylic acid groups (broad SMARTS) is 1. The molecule has 25 heteroatoms. The van der Waals surface area contributed by atoms with Crippen LogP contribution >= 0.6 is 0 Å². The maximum Gasteiger partial charge on any atom is 0.335 e. The Hall–Kier alpha value is -3.70. The van der Waals surface area contributed by atoms with E-state index in [1.54, 1.807) is 0 Å². The van der Waals surface area contributed by atoms with E-state index in [0.717, 1.165) is 34.6 Å². The first-order valence-electron chi connectivity index (χ1n) is 18.5. The second kappa shape index (κ2) is 20.2. The normalized spacial score (nSPS) is 42.5. The molecule has 4 fully saturated rings. The molecule has 3 amide bonds. The lowest BCUT2D eigenvalue weighted by molar-refractivity contribution is -0.365. The largest absolute Gasteiger partial charge is 0.479 e. The SMILES string of the molecule is CC(=O)N[C@H]1[C@@H](O[C@H]2[C@H](OC(C)=O)[C@@H](OC(C)=O)[C@H](O[C@H]3[C@@H](O)[C@@H](C)O[C@H](O[C@H]4[C@H](O)[C@@H](C)OC(O)[C@@H]4NC(C)=O)[C@@H]3NC(C)=O)O[C@@H]2C(=O)O)O[C@H](CO)[C@H](O)[C@@H]1O. The number of carboxylic acids is 1. The number of aliphatic hydroxyl groups excluding tert-OH is 6. The summed E-state index contributed by atoms with van der Waals surface area (Å²) >= 11 is 0. The number of hydrogen-bond acceptors (Lipinski definition) is 21. The van der Waals surface area contributed by atoms with Gasteiger partial charge in [0.2, 0.25) is 17.7 Å². The summed E-state index contributed by atoms with van der Waals surface area (Å²) in [7, 11) is 0. The summed E-state index contributed by atoms with van der Waals surface area (Å²) in [6.45, 7) is 6.96. The van der Waals surface area contributed by atoms with Crippen LogP contribution in [-0.4, -0.2) is 201 Å². The molecule has 1 unspecified atom stereocenters. The van der Waals surface area contributed by atoms with Gasteiger partial charge in [0.1, 0.15) is 67.0 Å². The Kier molecular flexibility index (Phi) is 16.5. The molecule has 0 saturated carbocycles. The maximum atomic E-state index is 12.9. The van der Waals surface area contributed by atoms with E-state index in [1.807, 2.05) is 0 Å². The highest BCUT2D eigenvalue weighted by Crippen LogP contribution is 2.36. The second-order valence-electron chi connectivity index (χ2n) is 14.5. The Morgan fingerprint density at radius 3 is 1.51 bits per heavy atom. The molecule has 0 spiro atoms. The minimum absolute atomic E-state index is 0.646. The molecule has 4 heterocycles. The Bertz CT molecular complexity index is 1520. The fourth-order valence-corrected chi connectivity index (χ4v) is 7.22. The Morgan fingerprint density at radius 2 is 0.983 bits per heavy atom. The maximum absolute atomic E-state index is 12.9. The summed E-state index contributed by atoms with van der Waals surface area (Å²) in [6.07, 6.45) is -29.6. The number of ether oxygens (including phenoxy) is 9. The van der Waals surface area contributed by atoms with Gasteiger partial charge in [-0.15, -0.1) is 0 Å². The topological polar surface area (TPSA) is 363 Å². The van der Waals surface area contributed by atoms with Crippen LogP contribution in [0.5, 0.6) is 0 Å². The number of aliphatic carboxylic acids is 1. The predicted molar refractivity (Wildman–Crippen MR) is 186 cm³/mol. The van der Waals surface area contributed by atoms with Crippen LogP contribution in [0.4, 0.5) is 0 Å². The van der Waals surface area contributed by atoms with Crippen molar-refractivity contribution in [3.05, 3.63) is 0 Å². The summed E-state index contributed by atoms with van der Waals surface area (Å²) in [6, 6.07) is -4.62. The first-order valence-corrected chi connectivity index (χ1v) is 18.5. The van der Waals surface area contributed by atoms with E-state index in [0.29, 0.717) is 0 Å². The monoisotopic (exact) mass is 855 g/mol. The number of amides is 3. The number of aliphatic hydroxyl groups is 6. The lowest BCUT2D eigenvalue weighted by atomic mass is 9.93. The van der Waals surface area contributed by atoms with Crippen LogP contribution < -0.4 is 16.0 Å².